The SMILES string of the molecule is [Na].[Na].[O-]/[P+](Cc1ccccc1)=C(/O)CCO. The third-order valence-corrected chi connectivity index (χ3v) is 3.24. The molecule has 0 aliphatic rings. The first-order valence-corrected chi connectivity index (χ1v) is 5.82. The number of benzene rings is 1. The molecule has 0 aromatic heterocycles. The van der Waals surface area contributed by atoms with Gasteiger partial charge >= 0.3 is 0 Å². The first kappa shape index (κ1) is 19.6. The van der Waals surface area contributed by atoms with Gasteiger partial charge in [0.15, 0.2) is 0 Å². The fraction of sp³-hybridized carbons (Fsp3) is 0.300. The molecule has 1 atom stereocenters. The van der Waals surface area contributed by atoms with Crippen molar-refractivity contribution in [3.8, 4) is 0 Å². The minimum absolute atomic E-state index is 0. The Balaban J connectivity index is 0. The van der Waals surface area contributed by atoms with E-state index in [4.69, 9.17) is 5.11 Å². The van der Waals surface area contributed by atoms with Crippen molar-refractivity contribution in [3.63, 3.8) is 0 Å². The summed E-state index contributed by atoms with van der Waals surface area (Å²) in [5, 5.41) is 17.8. The van der Waals surface area contributed by atoms with Crippen molar-refractivity contribution in [2.24, 2.45) is 0 Å². The van der Waals surface area contributed by atoms with Crippen molar-refractivity contribution < 1.29 is 15.1 Å². The first-order valence-electron chi connectivity index (χ1n) is 4.38. The number of aliphatic hydroxyl groups is 2. The smallest absolute Gasteiger partial charge is 0.221 e. The Labute approximate surface area is 141 Å². The van der Waals surface area contributed by atoms with Gasteiger partial charge < -0.3 is 15.1 Å². The zero-order chi connectivity index (χ0) is 10.4. The topological polar surface area (TPSA) is 63.5 Å². The predicted octanol–water partition coefficient (Wildman–Crippen LogP) is 0.0670. The zero-order valence-electron chi connectivity index (χ0n) is 9.76. The Bertz CT molecular complexity index is 317. The van der Waals surface area contributed by atoms with Gasteiger partial charge in [0, 0.05) is 59.1 Å². The molecule has 0 saturated carbocycles. The molecule has 0 aliphatic heterocycles. The average molecular weight is 258 g/mol. The fourth-order valence-corrected chi connectivity index (χ4v) is 2.14. The van der Waals surface area contributed by atoms with E-state index in [1.807, 2.05) is 30.3 Å². The molecule has 1 rings (SSSR count). The molecule has 3 nitrogen and oxygen atoms in total. The van der Waals surface area contributed by atoms with Crippen LogP contribution in [0.25, 0.3) is 0 Å². The second kappa shape index (κ2) is 11.4. The molecule has 0 amide bonds. The molecule has 78 valence electrons. The monoisotopic (exact) mass is 258 g/mol. The molecule has 0 fully saturated rings. The van der Waals surface area contributed by atoms with Crippen LogP contribution in [0.3, 0.4) is 0 Å². The molecule has 0 heterocycles. The van der Waals surface area contributed by atoms with Crippen LogP contribution in [-0.4, -0.2) is 81.4 Å². The summed E-state index contributed by atoms with van der Waals surface area (Å²) >= 11 is 0. The van der Waals surface area contributed by atoms with Crippen molar-refractivity contribution in [1.82, 2.24) is 0 Å². The van der Waals surface area contributed by atoms with E-state index >= 15 is 0 Å². The minimum atomic E-state index is -1.76. The van der Waals surface area contributed by atoms with Gasteiger partial charge in [0.2, 0.25) is 5.48 Å². The summed E-state index contributed by atoms with van der Waals surface area (Å²) < 4.78 is 0. The molecule has 0 spiro atoms. The summed E-state index contributed by atoms with van der Waals surface area (Å²) in [7, 11) is -1.76. The Hall–Kier alpha value is 1.27. The normalized spacial score (nSPS) is 10.9. The average Bonchev–Trinajstić information content (AvgIpc) is 2.19. The van der Waals surface area contributed by atoms with Gasteiger partial charge in [-0.15, -0.1) is 0 Å². The quantitative estimate of drug-likeness (QED) is 0.593. The second-order valence-electron chi connectivity index (χ2n) is 2.91. The molecule has 2 radical (unpaired) electrons. The Morgan fingerprint density at radius 3 is 2.25 bits per heavy atom. The molecular weight excluding hydrogens is 245 g/mol. The minimum Gasteiger partial charge on any atom is -0.628 e. The second-order valence-corrected chi connectivity index (χ2v) is 4.50. The van der Waals surface area contributed by atoms with Gasteiger partial charge in [-0.25, -0.2) is 0 Å². The van der Waals surface area contributed by atoms with E-state index in [2.05, 4.69) is 0 Å². The maximum absolute atomic E-state index is 11.5. The first-order chi connectivity index (χ1) is 6.74. The summed E-state index contributed by atoms with van der Waals surface area (Å²) in [6, 6.07) is 9.33. The molecule has 16 heavy (non-hydrogen) atoms. The van der Waals surface area contributed by atoms with Gasteiger partial charge in [-0.3, -0.25) is 0 Å². The van der Waals surface area contributed by atoms with E-state index in [-0.39, 0.29) is 77.6 Å². The van der Waals surface area contributed by atoms with Crippen LogP contribution in [-0.2, 0) is 6.16 Å². The van der Waals surface area contributed by atoms with Gasteiger partial charge in [0.25, 0.3) is 0 Å². The van der Waals surface area contributed by atoms with E-state index in [9.17, 15) is 10.00 Å². The van der Waals surface area contributed by atoms with E-state index in [0.717, 1.165) is 5.56 Å². The maximum Gasteiger partial charge on any atom is 0.221 e. The van der Waals surface area contributed by atoms with Crippen LogP contribution >= 0.6 is 7.77 Å². The molecule has 2 N–H and O–H groups in total. The zero-order valence-corrected chi connectivity index (χ0v) is 14.7. The number of aliphatic hydroxyl groups excluding tert-OH is 2. The molecule has 6 heteroatoms. The summed E-state index contributed by atoms with van der Waals surface area (Å²) in [5.74, 6) is 0. The van der Waals surface area contributed by atoms with Gasteiger partial charge in [-0.2, -0.15) is 0 Å². The van der Waals surface area contributed by atoms with E-state index in [0.29, 0.717) is 6.16 Å². The largest absolute Gasteiger partial charge is 0.628 e. The number of hydrogen-bond acceptors (Lipinski definition) is 2. The van der Waals surface area contributed by atoms with Gasteiger partial charge in [-0.05, 0) is 5.56 Å². The number of hydrogen-bond donors (Lipinski definition) is 2. The summed E-state index contributed by atoms with van der Waals surface area (Å²) in [6.07, 6.45) is 0.435. The standard InChI is InChI=1S/C10H13O3P.2Na/c11-7-6-10(12)14(13)8-9-4-2-1-3-5-9;;/h1-5,11-12H,6-8H2;;. The van der Waals surface area contributed by atoms with E-state index in [1.54, 1.807) is 0 Å². The van der Waals surface area contributed by atoms with E-state index < -0.39 is 7.77 Å². The van der Waals surface area contributed by atoms with Crippen LogP contribution < -0.4 is 4.89 Å². The Kier molecular flexibility index (Phi) is 13.9. The van der Waals surface area contributed by atoms with Gasteiger partial charge in [0.1, 0.15) is 6.16 Å². The number of rotatable bonds is 4. The fourth-order valence-electron chi connectivity index (χ4n) is 1.07. The maximum atomic E-state index is 11.5. The van der Waals surface area contributed by atoms with Crippen molar-refractivity contribution in [2.45, 2.75) is 12.6 Å². The molecule has 0 bridgehead atoms. The molecule has 1 aromatic carbocycles. The van der Waals surface area contributed by atoms with Crippen LogP contribution in [0.2, 0.25) is 0 Å². The molecule has 0 saturated heterocycles. The van der Waals surface area contributed by atoms with Crippen LogP contribution in [0.15, 0.2) is 30.3 Å². The summed E-state index contributed by atoms with van der Waals surface area (Å²) in [6.45, 7) is -0.165. The molecular formula is C10H13Na2O3P. The Morgan fingerprint density at radius 1 is 1.19 bits per heavy atom. The third kappa shape index (κ3) is 7.57. The van der Waals surface area contributed by atoms with Crippen LogP contribution in [0.4, 0.5) is 0 Å². The summed E-state index contributed by atoms with van der Waals surface area (Å²) in [5.41, 5.74) is 0.824. The van der Waals surface area contributed by atoms with Crippen molar-refractivity contribution in [3.05, 3.63) is 35.9 Å². The van der Waals surface area contributed by atoms with Crippen molar-refractivity contribution in [2.75, 3.05) is 6.61 Å². The predicted molar refractivity (Wildman–Crippen MR) is 67.2 cm³/mol. The van der Waals surface area contributed by atoms with Crippen LogP contribution in [0.5, 0.6) is 0 Å². The molecule has 0 aliphatic carbocycles. The van der Waals surface area contributed by atoms with Gasteiger partial charge in [0.05, 0.1) is 20.8 Å². The van der Waals surface area contributed by atoms with Crippen LogP contribution in [0, 0.1) is 0 Å². The van der Waals surface area contributed by atoms with Crippen molar-refractivity contribution in [1.29, 1.82) is 0 Å². The molecule has 1 unspecified atom stereocenters. The third-order valence-electron chi connectivity index (χ3n) is 1.79. The van der Waals surface area contributed by atoms with Gasteiger partial charge in [-0.1, -0.05) is 30.3 Å². The Morgan fingerprint density at radius 2 is 1.75 bits per heavy atom. The van der Waals surface area contributed by atoms with Crippen molar-refractivity contribution >= 4 is 72.4 Å². The van der Waals surface area contributed by atoms with E-state index in [1.165, 1.54) is 0 Å². The van der Waals surface area contributed by atoms with Crippen LogP contribution in [0.1, 0.15) is 12.0 Å². The molecule has 1 aromatic rings. The summed E-state index contributed by atoms with van der Waals surface area (Å²) in [4.78, 5) is 11.5.